The zero-order chi connectivity index (χ0) is 10.0. The van der Waals surface area contributed by atoms with Crippen LogP contribution in [0.5, 0.6) is 0 Å². The van der Waals surface area contributed by atoms with E-state index in [1.165, 1.54) is 0 Å². The molecular weight excluding hydrogens is 213 g/mol. The van der Waals surface area contributed by atoms with E-state index in [2.05, 4.69) is 5.32 Å². The van der Waals surface area contributed by atoms with Crippen molar-refractivity contribution in [1.82, 2.24) is 0 Å². The molecule has 0 saturated carbocycles. The van der Waals surface area contributed by atoms with Crippen molar-refractivity contribution in [3.05, 3.63) is 27.7 Å². The number of hydrogen-bond acceptors (Lipinski definition) is 1. The highest BCUT2D eigenvalue weighted by Gasteiger charge is 2.07. The summed E-state index contributed by atoms with van der Waals surface area (Å²) in [4.78, 5) is 10.3. The lowest BCUT2D eigenvalue weighted by Crippen LogP contribution is -2.08. The second-order valence-corrected chi connectivity index (χ2v) is 3.25. The molecule has 13 heavy (non-hydrogen) atoms. The van der Waals surface area contributed by atoms with Crippen LogP contribution in [-0.4, -0.2) is 11.2 Å². The summed E-state index contributed by atoms with van der Waals surface area (Å²) in [5.74, 6) is 0. The first kappa shape index (κ1) is 10.2. The van der Waals surface area contributed by atoms with Gasteiger partial charge >= 0.3 is 6.09 Å². The first-order valence-electron chi connectivity index (χ1n) is 3.47. The first-order valence-corrected chi connectivity index (χ1v) is 4.22. The Morgan fingerprint density at radius 3 is 2.62 bits per heavy atom. The van der Waals surface area contributed by atoms with E-state index in [4.69, 9.17) is 28.3 Å². The van der Waals surface area contributed by atoms with Crippen LogP contribution in [0.1, 0.15) is 5.56 Å². The summed E-state index contributed by atoms with van der Waals surface area (Å²) in [6.07, 6.45) is -1.12. The smallest absolute Gasteiger partial charge is 0.409 e. The lowest BCUT2D eigenvalue weighted by Gasteiger charge is -2.07. The second kappa shape index (κ2) is 3.85. The van der Waals surface area contributed by atoms with Gasteiger partial charge in [-0.2, -0.15) is 0 Å². The maximum atomic E-state index is 10.3. The number of benzene rings is 1. The summed E-state index contributed by atoms with van der Waals surface area (Å²) in [6.45, 7) is 1.69. The molecule has 0 saturated heterocycles. The largest absolute Gasteiger partial charge is 0.465 e. The van der Waals surface area contributed by atoms with Gasteiger partial charge in [-0.05, 0) is 24.6 Å². The summed E-state index contributed by atoms with van der Waals surface area (Å²) < 4.78 is 0. The first-order chi connectivity index (χ1) is 6.02. The van der Waals surface area contributed by atoms with E-state index in [1.807, 2.05) is 0 Å². The predicted octanol–water partition coefficient (Wildman–Crippen LogP) is 3.39. The standard InChI is InChI=1S/C8H7Cl2NO2/c1-4-6(11-8(12)13)3-2-5(9)7(4)10/h2-3,11H,1H3,(H,12,13). The quantitative estimate of drug-likeness (QED) is 0.761. The van der Waals surface area contributed by atoms with Gasteiger partial charge in [-0.15, -0.1) is 0 Å². The monoisotopic (exact) mass is 219 g/mol. The molecule has 3 nitrogen and oxygen atoms in total. The fraction of sp³-hybridized carbons (Fsp3) is 0.125. The second-order valence-electron chi connectivity index (χ2n) is 2.46. The molecular formula is C8H7Cl2NO2. The molecule has 0 radical (unpaired) electrons. The Kier molecular flexibility index (Phi) is 3.01. The van der Waals surface area contributed by atoms with Gasteiger partial charge in [-0.25, -0.2) is 4.79 Å². The lowest BCUT2D eigenvalue weighted by molar-refractivity contribution is 0.209. The van der Waals surface area contributed by atoms with Crippen molar-refractivity contribution in [3.8, 4) is 0 Å². The van der Waals surface area contributed by atoms with E-state index >= 15 is 0 Å². The van der Waals surface area contributed by atoms with Crippen LogP contribution < -0.4 is 5.32 Å². The molecule has 5 heteroatoms. The molecule has 0 fully saturated rings. The van der Waals surface area contributed by atoms with Crippen LogP contribution >= 0.6 is 23.2 Å². The molecule has 0 aliphatic rings. The average molecular weight is 220 g/mol. The third kappa shape index (κ3) is 2.26. The third-order valence-electron chi connectivity index (χ3n) is 1.58. The summed E-state index contributed by atoms with van der Waals surface area (Å²) in [7, 11) is 0. The van der Waals surface area contributed by atoms with Gasteiger partial charge in [0.15, 0.2) is 0 Å². The van der Waals surface area contributed by atoms with Gasteiger partial charge in [0.05, 0.1) is 10.0 Å². The van der Waals surface area contributed by atoms with Crippen molar-refractivity contribution in [2.45, 2.75) is 6.92 Å². The van der Waals surface area contributed by atoms with E-state index in [1.54, 1.807) is 19.1 Å². The van der Waals surface area contributed by atoms with Crippen LogP contribution in [0, 0.1) is 6.92 Å². The molecule has 0 bridgehead atoms. The molecule has 0 aromatic heterocycles. The van der Waals surface area contributed by atoms with Gasteiger partial charge in [0.1, 0.15) is 0 Å². The van der Waals surface area contributed by atoms with Crippen LogP contribution in [0.3, 0.4) is 0 Å². The van der Waals surface area contributed by atoms with Gasteiger partial charge in [-0.1, -0.05) is 23.2 Å². The highest BCUT2D eigenvalue weighted by molar-refractivity contribution is 6.42. The summed E-state index contributed by atoms with van der Waals surface area (Å²) in [6, 6.07) is 3.11. The Labute approximate surface area is 85.3 Å². The Balaban J connectivity index is 3.10. The maximum Gasteiger partial charge on any atom is 0.409 e. The number of halogens is 2. The van der Waals surface area contributed by atoms with Crippen molar-refractivity contribution >= 4 is 35.0 Å². The van der Waals surface area contributed by atoms with Crippen LogP contribution in [0.4, 0.5) is 10.5 Å². The van der Waals surface area contributed by atoms with Gasteiger partial charge < -0.3 is 5.11 Å². The number of amides is 1. The fourth-order valence-corrected chi connectivity index (χ4v) is 1.27. The van der Waals surface area contributed by atoms with Crippen molar-refractivity contribution in [3.63, 3.8) is 0 Å². The molecule has 1 amide bonds. The van der Waals surface area contributed by atoms with Gasteiger partial charge in [0.2, 0.25) is 0 Å². The molecule has 0 unspecified atom stereocenters. The SMILES string of the molecule is Cc1c(NC(=O)O)ccc(Cl)c1Cl. The zero-order valence-corrected chi connectivity index (χ0v) is 8.28. The minimum absolute atomic E-state index is 0.368. The van der Waals surface area contributed by atoms with Crippen LogP contribution in [-0.2, 0) is 0 Å². The van der Waals surface area contributed by atoms with Crippen LogP contribution in [0.25, 0.3) is 0 Å². The number of rotatable bonds is 1. The summed E-state index contributed by atoms with van der Waals surface area (Å²) >= 11 is 11.5. The van der Waals surface area contributed by atoms with Crippen LogP contribution in [0.15, 0.2) is 12.1 Å². The predicted molar refractivity (Wildman–Crippen MR) is 52.8 cm³/mol. The molecule has 2 N–H and O–H groups in total. The minimum atomic E-state index is -1.12. The van der Waals surface area contributed by atoms with E-state index in [-0.39, 0.29) is 0 Å². The Bertz CT molecular complexity index is 352. The minimum Gasteiger partial charge on any atom is -0.465 e. The van der Waals surface area contributed by atoms with Crippen molar-refractivity contribution in [2.75, 3.05) is 5.32 Å². The molecule has 70 valence electrons. The van der Waals surface area contributed by atoms with Gasteiger partial charge in [0, 0.05) is 5.69 Å². The highest BCUT2D eigenvalue weighted by atomic mass is 35.5. The summed E-state index contributed by atoms with van der Waals surface area (Å²) in [5, 5.41) is 11.5. The lowest BCUT2D eigenvalue weighted by atomic mass is 10.2. The molecule has 0 heterocycles. The zero-order valence-electron chi connectivity index (χ0n) is 6.77. The Hall–Kier alpha value is -0.930. The van der Waals surface area contributed by atoms with Crippen molar-refractivity contribution in [2.24, 2.45) is 0 Å². The van der Waals surface area contributed by atoms with Crippen molar-refractivity contribution in [1.29, 1.82) is 0 Å². The van der Waals surface area contributed by atoms with E-state index in [9.17, 15) is 4.79 Å². The summed E-state index contributed by atoms with van der Waals surface area (Å²) in [5.41, 5.74) is 1.07. The topological polar surface area (TPSA) is 49.3 Å². The highest BCUT2D eigenvalue weighted by Crippen LogP contribution is 2.30. The number of nitrogens with one attached hydrogen (secondary N) is 1. The molecule has 1 rings (SSSR count). The van der Waals surface area contributed by atoms with Gasteiger partial charge in [0.25, 0.3) is 0 Å². The molecule has 0 aliphatic carbocycles. The Morgan fingerprint density at radius 1 is 1.46 bits per heavy atom. The fourth-order valence-electron chi connectivity index (χ4n) is 0.903. The molecule has 0 aliphatic heterocycles. The molecule has 1 aromatic carbocycles. The Morgan fingerprint density at radius 2 is 2.08 bits per heavy atom. The van der Waals surface area contributed by atoms with E-state index < -0.39 is 6.09 Å². The van der Waals surface area contributed by atoms with Gasteiger partial charge in [-0.3, -0.25) is 5.32 Å². The molecule has 0 atom stereocenters. The molecule has 0 spiro atoms. The number of carboxylic acid groups (broad SMARTS) is 1. The molecule has 1 aromatic rings. The van der Waals surface area contributed by atoms with Crippen molar-refractivity contribution < 1.29 is 9.90 Å². The normalized spacial score (nSPS) is 9.77. The number of hydrogen-bond donors (Lipinski definition) is 2. The van der Waals surface area contributed by atoms with E-state index in [0.29, 0.717) is 21.3 Å². The maximum absolute atomic E-state index is 10.3. The van der Waals surface area contributed by atoms with Crippen LogP contribution in [0.2, 0.25) is 10.0 Å². The number of anilines is 1. The number of carbonyl (C=O) groups is 1. The van der Waals surface area contributed by atoms with E-state index in [0.717, 1.165) is 0 Å². The average Bonchev–Trinajstić information content (AvgIpc) is 2.06. The third-order valence-corrected chi connectivity index (χ3v) is 2.48.